The SMILES string of the molecule is COC(=O)C1=C(C(=O)OC)[C@H]2Sc3ccccc3N2C(C(=O)OC)=C1C(=O)OC. The number of fused-ring (bicyclic) bond motifs is 3. The molecule has 0 bridgehead atoms. The van der Waals surface area contributed by atoms with E-state index in [1.165, 1.54) is 16.7 Å². The van der Waals surface area contributed by atoms with Crippen molar-refractivity contribution in [3.63, 3.8) is 0 Å². The van der Waals surface area contributed by atoms with E-state index >= 15 is 0 Å². The minimum atomic E-state index is -1.000. The molecule has 2 heterocycles. The van der Waals surface area contributed by atoms with Crippen LogP contribution in [0.25, 0.3) is 0 Å². The summed E-state index contributed by atoms with van der Waals surface area (Å²) in [5.74, 6) is -3.70. The van der Waals surface area contributed by atoms with Crippen molar-refractivity contribution in [2.45, 2.75) is 10.3 Å². The molecule has 152 valence electrons. The van der Waals surface area contributed by atoms with Crippen LogP contribution in [-0.2, 0) is 38.1 Å². The van der Waals surface area contributed by atoms with Crippen molar-refractivity contribution in [2.24, 2.45) is 0 Å². The molecule has 29 heavy (non-hydrogen) atoms. The van der Waals surface area contributed by atoms with E-state index in [-0.39, 0.29) is 11.3 Å². The summed E-state index contributed by atoms with van der Waals surface area (Å²) in [5, 5.41) is -0.851. The topological polar surface area (TPSA) is 108 Å². The first-order chi connectivity index (χ1) is 13.9. The van der Waals surface area contributed by atoms with Crippen molar-refractivity contribution in [1.82, 2.24) is 0 Å². The zero-order valence-electron chi connectivity index (χ0n) is 16.0. The lowest BCUT2D eigenvalue weighted by atomic mass is 9.92. The second-order valence-electron chi connectivity index (χ2n) is 5.79. The van der Waals surface area contributed by atoms with Crippen molar-refractivity contribution < 1.29 is 38.1 Å². The molecule has 0 fully saturated rings. The van der Waals surface area contributed by atoms with Crippen LogP contribution in [0.4, 0.5) is 5.69 Å². The van der Waals surface area contributed by atoms with E-state index in [1.54, 1.807) is 24.3 Å². The molecule has 1 aromatic rings. The minimum absolute atomic E-state index is 0.131. The number of methoxy groups -OCH3 is 4. The number of hydrogen-bond acceptors (Lipinski definition) is 10. The van der Waals surface area contributed by atoms with E-state index in [2.05, 4.69) is 0 Å². The van der Waals surface area contributed by atoms with Crippen molar-refractivity contribution in [3.8, 4) is 0 Å². The van der Waals surface area contributed by atoms with Crippen molar-refractivity contribution in [3.05, 3.63) is 46.7 Å². The highest BCUT2D eigenvalue weighted by Gasteiger charge is 2.50. The summed E-state index contributed by atoms with van der Waals surface area (Å²) in [6.45, 7) is 0. The maximum Gasteiger partial charge on any atom is 0.355 e. The maximum atomic E-state index is 12.7. The number of ether oxygens (including phenoxy) is 4. The van der Waals surface area contributed by atoms with Gasteiger partial charge in [-0.05, 0) is 12.1 Å². The van der Waals surface area contributed by atoms with Crippen LogP contribution in [0.5, 0.6) is 0 Å². The van der Waals surface area contributed by atoms with Gasteiger partial charge in [0.25, 0.3) is 0 Å². The van der Waals surface area contributed by atoms with Gasteiger partial charge in [-0.15, -0.1) is 0 Å². The fraction of sp³-hybridized carbons (Fsp3) is 0.263. The lowest BCUT2D eigenvalue weighted by Crippen LogP contribution is -2.44. The van der Waals surface area contributed by atoms with E-state index in [0.717, 1.165) is 33.3 Å². The normalized spacial score (nSPS) is 17.4. The molecule has 0 spiro atoms. The summed E-state index contributed by atoms with van der Waals surface area (Å²) in [4.78, 5) is 52.9. The third-order valence-electron chi connectivity index (χ3n) is 4.40. The van der Waals surface area contributed by atoms with Gasteiger partial charge in [-0.2, -0.15) is 0 Å². The lowest BCUT2D eigenvalue weighted by Gasteiger charge is -2.34. The van der Waals surface area contributed by atoms with Crippen LogP contribution >= 0.6 is 11.8 Å². The molecular formula is C19H17NO8S. The van der Waals surface area contributed by atoms with Gasteiger partial charge in [0.05, 0.1) is 45.3 Å². The number of esters is 4. The van der Waals surface area contributed by atoms with Crippen LogP contribution < -0.4 is 4.90 Å². The molecule has 1 atom stereocenters. The molecule has 0 aromatic heterocycles. The predicted octanol–water partition coefficient (Wildman–Crippen LogP) is 1.18. The molecule has 0 N–H and O–H groups in total. The molecule has 2 aliphatic heterocycles. The van der Waals surface area contributed by atoms with Gasteiger partial charge in [-0.3, -0.25) is 0 Å². The van der Waals surface area contributed by atoms with Gasteiger partial charge in [0.15, 0.2) is 0 Å². The van der Waals surface area contributed by atoms with E-state index < -0.39 is 40.4 Å². The number of rotatable bonds is 4. The number of benzene rings is 1. The van der Waals surface area contributed by atoms with Crippen molar-refractivity contribution in [2.75, 3.05) is 33.3 Å². The first-order valence-electron chi connectivity index (χ1n) is 8.28. The number of para-hydroxylation sites is 1. The molecule has 0 saturated heterocycles. The zero-order chi connectivity index (χ0) is 21.3. The Morgan fingerprint density at radius 2 is 1.34 bits per heavy atom. The second-order valence-corrected chi connectivity index (χ2v) is 6.91. The van der Waals surface area contributed by atoms with Gasteiger partial charge in [0.1, 0.15) is 16.6 Å². The number of thioether (sulfide) groups is 1. The standard InChI is InChI=1S/C19H17NO8S/c1-25-16(21)11-12(17(22)26-2)14(19(24)28-4)20-9-7-5-6-8-10(9)29-15(20)13(11)18(23)27-3/h5-8,15H,1-4H3/t15-/m1/s1. The summed E-state index contributed by atoms with van der Waals surface area (Å²) in [5.41, 5.74) is -0.619. The summed E-state index contributed by atoms with van der Waals surface area (Å²) in [6, 6.07) is 7.04. The Morgan fingerprint density at radius 1 is 0.793 bits per heavy atom. The predicted molar refractivity (Wildman–Crippen MR) is 101 cm³/mol. The van der Waals surface area contributed by atoms with Crippen LogP contribution in [0.15, 0.2) is 51.6 Å². The Morgan fingerprint density at radius 3 is 1.93 bits per heavy atom. The van der Waals surface area contributed by atoms with Crippen molar-refractivity contribution >= 4 is 41.3 Å². The Labute approximate surface area is 170 Å². The summed E-state index contributed by atoms with van der Waals surface area (Å²) in [7, 11) is 4.49. The number of carbonyl (C=O) groups is 4. The van der Waals surface area contributed by atoms with Gasteiger partial charge in [-0.25, -0.2) is 19.2 Å². The van der Waals surface area contributed by atoms with E-state index in [9.17, 15) is 19.2 Å². The minimum Gasteiger partial charge on any atom is -0.466 e. The highest BCUT2D eigenvalue weighted by molar-refractivity contribution is 8.00. The van der Waals surface area contributed by atoms with Gasteiger partial charge >= 0.3 is 23.9 Å². The number of anilines is 1. The molecule has 1 aromatic carbocycles. The first kappa shape index (κ1) is 20.5. The number of nitrogens with zero attached hydrogens (tertiary/aromatic N) is 1. The van der Waals surface area contributed by atoms with Gasteiger partial charge in [0, 0.05) is 4.90 Å². The van der Waals surface area contributed by atoms with Gasteiger partial charge < -0.3 is 23.8 Å². The summed E-state index contributed by atoms with van der Waals surface area (Å²) in [6.07, 6.45) is 0. The van der Waals surface area contributed by atoms with Crippen molar-refractivity contribution in [1.29, 1.82) is 0 Å². The van der Waals surface area contributed by atoms with Crippen LogP contribution in [0.2, 0.25) is 0 Å². The monoisotopic (exact) mass is 419 g/mol. The molecule has 0 radical (unpaired) electrons. The Kier molecular flexibility index (Phi) is 5.64. The van der Waals surface area contributed by atoms with Gasteiger partial charge in [-0.1, -0.05) is 23.9 Å². The zero-order valence-corrected chi connectivity index (χ0v) is 16.8. The summed E-state index contributed by atoms with van der Waals surface area (Å²) >= 11 is 1.22. The fourth-order valence-corrected chi connectivity index (χ4v) is 4.54. The van der Waals surface area contributed by atoms with Gasteiger partial charge in [0.2, 0.25) is 0 Å². The molecule has 0 aliphatic carbocycles. The van der Waals surface area contributed by atoms with E-state index in [0.29, 0.717) is 5.69 Å². The lowest BCUT2D eigenvalue weighted by molar-refractivity contribution is -0.142. The Balaban J connectivity index is 2.45. The Hall–Kier alpha value is -3.27. The molecule has 2 aliphatic rings. The molecule has 0 amide bonds. The average molecular weight is 419 g/mol. The van der Waals surface area contributed by atoms with E-state index in [1.807, 2.05) is 0 Å². The number of carbonyl (C=O) groups excluding carboxylic acids is 4. The third kappa shape index (κ3) is 3.15. The van der Waals surface area contributed by atoms with E-state index in [4.69, 9.17) is 18.9 Å². The molecular weight excluding hydrogens is 402 g/mol. The second kappa shape index (κ2) is 8.00. The van der Waals surface area contributed by atoms with Crippen LogP contribution in [0, 0.1) is 0 Å². The smallest absolute Gasteiger partial charge is 0.355 e. The summed E-state index contributed by atoms with van der Waals surface area (Å²) < 4.78 is 19.4. The highest BCUT2D eigenvalue weighted by Crippen LogP contribution is 2.52. The molecule has 10 heteroatoms. The van der Waals surface area contributed by atoms with Crippen LogP contribution in [0.3, 0.4) is 0 Å². The van der Waals surface area contributed by atoms with Crippen LogP contribution in [0.1, 0.15) is 0 Å². The first-order valence-corrected chi connectivity index (χ1v) is 9.16. The molecule has 0 unspecified atom stereocenters. The Bertz CT molecular complexity index is 980. The quantitative estimate of drug-likeness (QED) is 0.521. The molecule has 3 rings (SSSR count). The van der Waals surface area contributed by atoms with Crippen LogP contribution in [-0.4, -0.2) is 57.7 Å². The fourth-order valence-electron chi connectivity index (χ4n) is 3.20. The number of hydrogen-bond donors (Lipinski definition) is 0. The third-order valence-corrected chi connectivity index (χ3v) is 5.67. The average Bonchev–Trinajstić information content (AvgIpc) is 3.14. The maximum absolute atomic E-state index is 12.7. The highest BCUT2D eigenvalue weighted by atomic mass is 32.2. The molecule has 0 saturated carbocycles. The largest absolute Gasteiger partial charge is 0.466 e. The molecule has 9 nitrogen and oxygen atoms in total.